The zero-order valence-electron chi connectivity index (χ0n) is 6.12. The Morgan fingerprint density at radius 3 is 2.83 bits per heavy atom. The molecule has 0 aliphatic heterocycles. The van der Waals surface area contributed by atoms with Crippen LogP contribution in [-0.2, 0) is 0 Å². The van der Waals surface area contributed by atoms with Crippen LogP contribution in [0.3, 0.4) is 0 Å². The van der Waals surface area contributed by atoms with E-state index in [1.807, 2.05) is 0 Å². The van der Waals surface area contributed by atoms with Gasteiger partial charge in [0, 0.05) is 11.6 Å². The van der Waals surface area contributed by atoms with Crippen molar-refractivity contribution in [2.75, 3.05) is 0 Å². The van der Waals surface area contributed by atoms with Crippen molar-refractivity contribution in [2.45, 2.75) is 0 Å². The van der Waals surface area contributed by atoms with Crippen molar-refractivity contribution in [1.82, 2.24) is 5.16 Å². The third-order valence-corrected chi connectivity index (χ3v) is 1.48. The number of benzene rings is 1. The van der Waals surface area contributed by atoms with Gasteiger partial charge in [-0.2, -0.15) is 0 Å². The molecule has 0 saturated carbocycles. The summed E-state index contributed by atoms with van der Waals surface area (Å²) in [6.07, 6.45) is 1.53. The van der Waals surface area contributed by atoms with Crippen molar-refractivity contribution >= 4 is 0 Å². The lowest BCUT2D eigenvalue weighted by Crippen LogP contribution is -1.75. The maximum Gasteiger partial charge on any atom is 0.167 e. The molecule has 0 aliphatic carbocycles. The Labute approximate surface area is 68.6 Å². The number of hydrogen-bond donors (Lipinski definition) is 0. The predicted molar refractivity (Wildman–Crippen MR) is 40.7 cm³/mol. The second-order valence-corrected chi connectivity index (χ2v) is 2.30. The van der Waals surface area contributed by atoms with E-state index in [2.05, 4.69) is 11.2 Å². The van der Waals surface area contributed by atoms with E-state index in [0.29, 0.717) is 11.3 Å². The summed E-state index contributed by atoms with van der Waals surface area (Å²) in [7, 11) is 0. The van der Waals surface area contributed by atoms with Crippen LogP contribution in [0.15, 0.2) is 35.0 Å². The van der Waals surface area contributed by atoms with Gasteiger partial charge < -0.3 is 4.52 Å². The van der Waals surface area contributed by atoms with Crippen molar-refractivity contribution in [3.05, 3.63) is 42.3 Å². The lowest BCUT2D eigenvalue weighted by molar-refractivity contribution is 0.432. The molecule has 0 amide bonds. The van der Waals surface area contributed by atoms with E-state index in [9.17, 15) is 4.39 Å². The molecule has 3 heteroatoms. The lowest BCUT2D eigenvalue weighted by atomic mass is 10.2. The highest BCUT2D eigenvalue weighted by Crippen LogP contribution is 2.17. The monoisotopic (exact) mass is 162 g/mol. The topological polar surface area (TPSA) is 26.0 Å². The first-order valence-corrected chi connectivity index (χ1v) is 3.44. The molecule has 0 aliphatic rings. The summed E-state index contributed by atoms with van der Waals surface area (Å²) in [5.74, 6) is 0.285. The zero-order chi connectivity index (χ0) is 8.39. The number of halogens is 1. The quantitative estimate of drug-likeness (QED) is 0.642. The molecule has 0 atom stereocenters. The summed E-state index contributed by atoms with van der Waals surface area (Å²) in [5.41, 5.74) is 0.703. The van der Waals surface area contributed by atoms with Gasteiger partial charge in [0.1, 0.15) is 5.82 Å². The molecule has 2 rings (SSSR count). The molecular weight excluding hydrogens is 157 g/mol. The van der Waals surface area contributed by atoms with Crippen LogP contribution in [0.1, 0.15) is 0 Å². The molecule has 0 N–H and O–H groups in total. The Hall–Kier alpha value is -1.64. The van der Waals surface area contributed by atoms with Crippen molar-refractivity contribution in [3.63, 3.8) is 0 Å². The van der Waals surface area contributed by atoms with Gasteiger partial charge in [0.15, 0.2) is 5.76 Å². The standard InChI is InChI=1S/C9H5FNO/c10-8-3-1-7(2-4-8)9-5-6-11-12-9/h1,3-6H. The van der Waals surface area contributed by atoms with E-state index in [1.54, 1.807) is 12.1 Å². The van der Waals surface area contributed by atoms with Gasteiger partial charge in [-0.1, -0.05) is 5.16 Å². The fourth-order valence-corrected chi connectivity index (χ4v) is 0.914. The summed E-state index contributed by atoms with van der Waals surface area (Å²) in [4.78, 5) is 0. The Balaban J connectivity index is 2.43. The molecule has 0 bridgehead atoms. The average molecular weight is 162 g/mol. The minimum Gasteiger partial charge on any atom is -0.356 e. The van der Waals surface area contributed by atoms with Crippen LogP contribution in [0.25, 0.3) is 11.3 Å². The van der Waals surface area contributed by atoms with E-state index in [1.165, 1.54) is 18.3 Å². The molecule has 0 fully saturated rings. The third-order valence-electron chi connectivity index (χ3n) is 1.48. The van der Waals surface area contributed by atoms with E-state index < -0.39 is 0 Å². The van der Waals surface area contributed by atoms with Crippen LogP contribution < -0.4 is 0 Å². The summed E-state index contributed by atoms with van der Waals surface area (Å²) >= 11 is 0. The Morgan fingerprint density at radius 1 is 1.33 bits per heavy atom. The highest BCUT2D eigenvalue weighted by Gasteiger charge is 2.00. The van der Waals surface area contributed by atoms with Crippen molar-refractivity contribution < 1.29 is 8.91 Å². The molecule has 12 heavy (non-hydrogen) atoms. The first kappa shape index (κ1) is 7.03. The zero-order valence-corrected chi connectivity index (χ0v) is 6.12. The van der Waals surface area contributed by atoms with Crippen LogP contribution in [-0.4, -0.2) is 5.16 Å². The molecule has 0 saturated heterocycles. The molecule has 1 heterocycles. The summed E-state index contributed by atoms with van der Waals surface area (Å²) in [6, 6.07) is 8.64. The Bertz CT molecular complexity index is 353. The van der Waals surface area contributed by atoms with Crippen molar-refractivity contribution in [3.8, 4) is 11.3 Å². The molecule has 1 radical (unpaired) electrons. The molecule has 2 aromatic rings. The van der Waals surface area contributed by atoms with Gasteiger partial charge >= 0.3 is 0 Å². The van der Waals surface area contributed by atoms with E-state index in [0.717, 1.165) is 0 Å². The number of aromatic nitrogens is 1. The third kappa shape index (κ3) is 1.21. The summed E-state index contributed by atoms with van der Waals surface area (Å²) in [5, 5.41) is 3.53. The molecule has 0 unspecified atom stereocenters. The highest BCUT2D eigenvalue weighted by molar-refractivity contribution is 5.55. The smallest absolute Gasteiger partial charge is 0.167 e. The average Bonchev–Trinajstić information content (AvgIpc) is 2.58. The van der Waals surface area contributed by atoms with Gasteiger partial charge in [-0.3, -0.25) is 0 Å². The normalized spacial score (nSPS) is 10.1. The van der Waals surface area contributed by atoms with Crippen molar-refractivity contribution in [1.29, 1.82) is 0 Å². The number of rotatable bonds is 1. The fraction of sp³-hybridized carbons (Fsp3) is 0. The SMILES string of the molecule is Fc1c[c]c(-c2ccno2)cc1. The molecular formula is C9H5FNO. The number of nitrogens with zero attached hydrogens (tertiary/aromatic N) is 1. The van der Waals surface area contributed by atoms with Gasteiger partial charge in [-0.15, -0.1) is 0 Å². The molecule has 1 aromatic carbocycles. The Morgan fingerprint density at radius 2 is 2.25 bits per heavy atom. The first-order valence-electron chi connectivity index (χ1n) is 3.44. The highest BCUT2D eigenvalue weighted by atomic mass is 19.1. The van der Waals surface area contributed by atoms with Crippen LogP contribution in [0.2, 0.25) is 0 Å². The fourth-order valence-electron chi connectivity index (χ4n) is 0.914. The second kappa shape index (κ2) is 2.77. The lowest BCUT2D eigenvalue weighted by Gasteiger charge is -1.92. The van der Waals surface area contributed by atoms with Crippen LogP contribution in [0.5, 0.6) is 0 Å². The maximum absolute atomic E-state index is 12.5. The van der Waals surface area contributed by atoms with Crippen LogP contribution in [0, 0.1) is 11.9 Å². The van der Waals surface area contributed by atoms with E-state index in [4.69, 9.17) is 4.52 Å². The maximum atomic E-state index is 12.5. The number of hydrogen-bond acceptors (Lipinski definition) is 2. The van der Waals surface area contributed by atoms with Gasteiger partial charge in [-0.05, 0) is 24.3 Å². The van der Waals surface area contributed by atoms with Gasteiger partial charge in [0.25, 0.3) is 0 Å². The predicted octanol–water partition coefficient (Wildman–Crippen LogP) is 2.28. The minimum absolute atomic E-state index is 0.307. The summed E-state index contributed by atoms with van der Waals surface area (Å²) < 4.78 is 17.3. The molecule has 1 aromatic heterocycles. The van der Waals surface area contributed by atoms with Gasteiger partial charge in [0.2, 0.25) is 0 Å². The second-order valence-electron chi connectivity index (χ2n) is 2.30. The van der Waals surface area contributed by atoms with Gasteiger partial charge in [-0.25, -0.2) is 4.39 Å². The summed E-state index contributed by atoms with van der Waals surface area (Å²) in [6.45, 7) is 0. The first-order chi connectivity index (χ1) is 5.86. The molecule has 59 valence electrons. The van der Waals surface area contributed by atoms with E-state index in [-0.39, 0.29) is 5.82 Å². The molecule has 0 spiro atoms. The molecule has 2 nitrogen and oxygen atoms in total. The minimum atomic E-state index is -0.307. The van der Waals surface area contributed by atoms with Gasteiger partial charge in [0.05, 0.1) is 6.20 Å². The van der Waals surface area contributed by atoms with Crippen LogP contribution in [0.4, 0.5) is 4.39 Å². The van der Waals surface area contributed by atoms with Crippen molar-refractivity contribution in [2.24, 2.45) is 0 Å². The largest absolute Gasteiger partial charge is 0.356 e. The van der Waals surface area contributed by atoms with Crippen LogP contribution >= 0.6 is 0 Å². The van der Waals surface area contributed by atoms with E-state index >= 15 is 0 Å². The Kier molecular flexibility index (Phi) is 1.63.